The summed E-state index contributed by atoms with van der Waals surface area (Å²) in [6, 6.07) is 0.498. The maximum atomic E-state index is 9.38. The van der Waals surface area contributed by atoms with Crippen LogP contribution < -0.4 is 0 Å². The molecule has 0 aliphatic heterocycles. The predicted octanol–water partition coefficient (Wildman–Crippen LogP) is 1.75. The quantitative estimate of drug-likeness (QED) is 0.672. The fraction of sp³-hybridized carbons (Fsp3) is 1.00. The van der Waals surface area contributed by atoms with Crippen LogP contribution in [0.5, 0.6) is 0 Å². The summed E-state index contributed by atoms with van der Waals surface area (Å²) in [4.78, 5) is 2.36. The lowest BCUT2D eigenvalue weighted by Crippen LogP contribution is -2.43. The molecule has 0 fully saturated rings. The minimum absolute atomic E-state index is 0.0119. The summed E-state index contributed by atoms with van der Waals surface area (Å²) in [7, 11) is 1.73. The van der Waals surface area contributed by atoms with E-state index in [9.17, 15) is 5.11 Å². The van der Waals surface area contributed by atoms with Crippen molar-refractivity contribution in [2.24, 2.45) is 5.41 Å². The van der Waals surface area contributed by atoms with Crippen molar-refractivity contribution in [3.63, 3.8) is 0 Å². The zero-order chi connectivity index (χ0) is 11.9. The average molecular weight is 217 g/mol. The van der Waals surface area contributed by atoms with Crippen molar-refractivity contribution in [3.8, 4) is 0 Å². The summed E-state index contributed by atoms with van der Waals surface area (Å²) in [5.74, 6) is 0. The van der Waals surface area contributed by atoms with E-state index in [1.807, 2.05) is 0 Å². The second-order valence-corrected chi connectivity index (χ2v) is 4.88. The number of methoxy groups -OCH3 is 1. The van der Waals surface area contributed by atoms with Crippen LogP contribution >= 0.6 is 0 Å². The van der Waals surface area contributed by atoms with Crippen molar-refractivity contribution >= 4 is 0 Å². The molecule has 3 heteroatoms. The van der Waals surface area contributed by atoms with Crippen LogP contribution in [0.25, 0.3) is 0 Å². The molecule has 1 atom stereocenters. The van der Waals surface area contributed by atoms with E-state index in [4.69, 9.17) is 4.74 Å². The summed E-state index contributed by atoms with van der Waals surface area (Å²) in [6.45, 7) is 11.5. The molecule has 15 heavy (non-hydrogen) atoms. The minimum Gasteiger partial charge on any atom is -0.396 e. The van der Waals surface area contributed by atoms with Crippen LogP contribution in [0.3, 0.4) is 0 Å². The lowest BCUT2D eigenvalue weighted by atomic mass is 9.87. The van der Waals surface area contributed by atoms with Gasteiger partial charge >= 0.3 is 0 Å². The van der Waals surface area contributed by atoms with Gasteiger partial charge in [0.2, 0.25) is 0 Å². The van der Waals surface area contributed by atoms with E-state index in [-0.39, 0.29) is 12.0 Å². The molecule has 0 amide bonds. The molecule has 0 radical (unpaired) electrons. The smallest absolute Gasteiger partial charge is 0.0589 e. The Morgan fingerprint density at radius 1 is 1.40 bits per heavy atom. The topological polar surface area (TPSA) is 32.7 Å². The molecule has 0 heterocycles. The van der Waals surface area contributed by atoms with Crippen molar-refractivity contribution in [2.45, 2.75) is 40.2 Å². The third-order valence-corrected chi connectivity index (χ3v) is 3.13. The van der Waals surface area contributed by atoms with Crippen LogP contribution in [0.15, 0.2) is 0 Å². The Morgan fingerprint density at radius 2 is 2.00 bits per heavy atom. The van der Waals surface area contributed by atoms with Crippen molar-refractivity contribution < 1.29 is 9.84 Å². The number of ether oxygens (including phenoxy) is 1. The standard InChI is InChI=1S/C12H27NO2/c1-6-12(4,10-14)9-13(11(2)3)7-8-15-5/h11,14H,6-10H2,1-5H3. The van der Waals surface area contributed by atoms with Gasteiger partial charge in [0.05, 0.1) is 6.61 Å². The van der Waals surface area contributed by atoms with Crippen LogP contribution in [0.1, 0.15) is 34.1 Å². The number of hydrogen-bond donors (Lipinski definition) is 1. The predicted molar refractivity (Wildman–Crippen MR) is 64.1 cm³/mol. The van der Waals surface area contributed by atoms with Crippen molar-refractivity contribution in [1.29, 1.82) is 0 Å². The van der Waals surface area contributed by atoms with Gasteiger partial charge in [-0.25, -0.2) is 0 Å². The molecule has 1 unspecified atom stereocenters. The average Bonchev–Trinajstić information content (AvgIpc) is 2.23. The van der Waals surface area contributed by atoms with E-state index in [1.54, 1.807) is 7.11 Å². The van der Waals surface area contributed by atoms with Gasteiger partial charge in [0.25, 0.3) is 0 Å². The third kappa shape index (κ3) is 5.50. The van der Waals surface area contributed by atoms with Crippen LogP contribution in [-0.4, -0.2) is 49.5 Å². The first-order valence-electron chi connectivity index (χ1n) is 5.83. The first kappa shape index (κ1) is 14.9. The van der Waals surface area contributed by atoms with Crippen LogP contribution in [0.4, 0.5) is 0 Å². The van der Waals surface area contributed by atoms with Crippen LogP contribution in [0.2, 0.25) is 0 Å². The van der Waals surface area contributed by atoms with Crippen LogP contribution in [-0.2, 0) is 4.74 Å². The summed E-state index contributed by atoms with van der Waals surface area (Å²) in [6.07, 6.45) is 1.000. The molecule has 0 saturated heterocycles. The molecular formula is C12H27NO2. The van der Waals surface area contributed by atoms with Crippen molar-refractivity contribution in [3.05, 3.63) is 0 Å². The summed E-state index contributed by atoms with van der Waals surface area (Å²) in [5, 5.41) is 9.38. The number of aliphatic hydroxyl groups excluding tert-OH is 1. The van der Waals surface area contributed by atoms with E-state index in [2.05, 4.69) is 32.6 Å². The summed E-state index contributed by atoms with van der Waals surface area (Å²) < 4.78 is 5.10. The number of rotatable bonds is 8. The molecular weight excluding hydrogens is 190 g/mol. The maximum absolute atomic E-state index is 9.38. The Morgan fingerprint density at radius 3 is 2.33 bits per heavy atom. The second kappa shape index (κ2) is 7.20. The van der Waals surface area contributed by atoms with E-state index in [1.165, 1.54) is 0 Å². The van der Waals surface area contributed by atoms with Gasteiger partial charge in [-0.15, -0.1) is 0 Å². The first-order chi connectivity index (χ1) is 6.99. The van der Waals surface area contributed by atoms with E-state index >= 15 is 0 Å². The summed E-state index contributed by atoms with van der Waals surface area (Å²) >= 11 is 0. The molecule has 0 aliphatic rings. The Balaban J connectivity index is 4.25. The highest BCUT2D eigenvalue weighted by Gasteiger charge is 2.25. The molecule has 0 aromatic heterocycles. The first-order valence-corrected chi connectivity index (χ1v) is 5.83. The molecule has 0 aromatic carbocycles. The highest BCUT2D eigenvalue weighted by molar-refractivity contribution is 4.78. The van der Waals surface area contributed by atoms with Gasteiger partial charge in [-0.2, -0.15) is 0 Å². The molecule has 1 N–H and O–H groups in total. The van der Waals surface area contributed by atoms with Crippen molar-refractivity contribution in [1.82, 2.24) is 4.90 Å². The van der Waals surface area contributed by atoms with Crippen LogP contribution in [0, 0.1) is 5.41 Å². The molecule has 0 aliphatic carbocycles. The van der Waals surface area contributed by atoms with Gasteiger partial charge < -0.3 is 9.84 Å². The van der Waals surface area contributed by atoms with E-state index in [0.29, 0.717) is 6.04 Å². The highest BCUT2D eigenvalue weighted by Crippen LogP contribution is 2.22. The Labute approximate surface area is 94.4 Å². The number of aliphatic hydroxyl groups is 1. The highest BCUT2D eigenvalue weighted by atomic mass is 16.5. The van der Waals surface area contributed by atoms with E-state index < -0.39 is 0 Å². The zero-order valence-electron chi connectivity index (χ0n) is 10.9. The number of hydrogen-bond acceptors (Lipinski definition) is 3. The van der Waals surface area contributed by atoms with Gasteiger partial charge in [-0.05, 0) is 20.3 Å². The zero-order valence-corrected chi connectivity index (χ0v) is 10.9. The molecule has 3 nitrogen and oxygen atoms in total. The Hall–Kier alpha value is -0.120. The second-order valence-electron chi connectivity index (χ2n) is 4.88. The lowest BCUT2D eigenvalue weighted by Gasteiger charge is -2.35. The fourth-order valence-corrected chi connectivity index (χ4v) is 1.49. The maximum Gasteiger partial charge on any atom is 0.0589 e. The normalized spacial score (nSPS) is 16.0. The fourth-order valence-electron chi connectivity index (χ4n) is 1.49. The molecule has 0 saturated carbocycles. The molecule has 92 valence electrons. The number of nitrogens with zero attached hydrogens (tertiary/aromatic N) is 1. The van der Waals surface area contributed by atoms with Gasteiger partial charge in [-0.3, -0.25) is 4.90 Å². The Bertz CT molecular complexity index is 156. The molecule has 0 aromatic rings. The Kier molecular flexibility index (Phi) is 7.14. The molecule has 0 spiro atoms. The van der Waals surface area contributed by atoms with Crippen molar-refractivity contribution in [2.75, 3.05) is 33.4 Å². The largest absolute Gasteiger partial charge is 0.396 e. The van der Waals surface area contributed by atoms with Gasteiger partial charge in [0.15, 0.2) is 0 Å². The summed E-state index contributed by atoms with van der Waals surface area (Å²) in [5.41, 5.74) is 0.0119. The molecule has 0 rings (SSSR count). The lowest BCUT2D eigenvalue weighted by molar-refractivity contribution is 0.0534. The SMILES string of the molecule is CCC(C)(CO)CN(CCOC)C(C)C. The third-order valence-electron chi connectivity index (χ3n) is 3.13. The van der Waals surface area contributed by atoms with Gasteiger partial charge in [0.1, 0.15) is 0 Å². The van der Waals surface area contributed by atoms with Gasteiger partial charge in [0, 0.05) is 38.3 Å². The molecule has 0 bridgehead atoms. The minimum atomic E-state index is 0.0119. The van der Waals surface area contributed by atoms with E-state index in [0.717, 1.165) is 26.1 Å². The monoisotopic (exact) mass is 217 g/mol. The van der Waals surface area contributed by atoms with Gasteiger partial charge in [-0.1, -0.05) is 13.8 Å².